The van der Waals surface area contributed by atoms with E-state index in [1.165, 1.54) is 12.3 Å². The summed E-state index contributed by atoms with van der Waals surface area (Å²) in [5.41, 5.74) is 0.105. The molecule has 0 unspecified atom stereocenters. The molecule has 86 valence electrons. The van der Waals surface area contributed by atoms with E-state index in [0.29, 0.717) is 5.75 Å². The number of carbonyl (C=O) groups excluding carboxylic acids is 1. The number of carbonyl (C=O) groups is 1. The lowest BCUT2D eigenvalue weighted by molar-refractivity contribution is 0.169. The summed E-state index contributed by atoms with van der Waals surface area (Å²) in [4.78, 5) is 15.0. The zero-order valence-corrected chi connectivity index (χ0v) is 8.85. The summed E-state index contributed by atoms with van der Waals surface area (Å²) in [6.45, 7) is 0. The van der Waals surface area contributed by atoms with Crippen molar-refractivity contribution in [3.63, 3.8) is 0 Å². The topological polar surface area (TPSA) is 63.8 Å². The highest BCUT2D eigenvalue weighted by atomic mass is 16.5. The standard InChI is InChI=1S/C12H10N2O3/c15-12(17-10-6-2-1-3-7-10)13-11-8-4-5-9-14(11)16/h1-9,16H. The number of amides is 1. The van der Waals surface area contributed by atoms with Crippen molar-refractivity contribution in [3.8, 4) is 5.75 Å². The monoisotopic (exact) mass is 230 g/mol. The van der Waals surface area contributed by atoms with Gasteiger partial charge in [0.05, 0.1) is 0 Å². The molecule has 17 heavy (non-hydrogen) atoms. The van der Waals surface area contributed by atoms with Crippen molar-refractivity contribution < 1.29 is 14.7 Å². The summed E-state index contributed by atoms with van der Waals surface area (Å²) in [6.07, 6.45) is 0.583. The van der Waals surface area contributed by atoms with Crippen molar-refractivity contribution in [2.75, 3.05) is 0 Å². The van der Waals surface area contributed by atoms with E-state index < -0.39 is 6.09 Å². The maximum absolute atomic E-state index is 11.4. The second-order valence-electron chi connectivity index (χ2n) is 3.20. The van der Waals surface area contributed by atoms with Crippen LogP contribution in [-0.4, -0.2) is 16.0 Å². The lowest BCUT2D eigenvalue weighted by Gasteiger charge is -2.00. The Labute approximate surface area is 97.2 Å². The summed E-state index contributed by atoms with van der Waals surface area (Å²) < 4.78 is 5.69. The molecule has 0 saturated heterocycles. The molecule has 0 spiro atoms. The van der Waals surface area contributed by atoms with Crippen LogP contribution in [0, 0.1) is 0 Å². The van der Waals surface area contributed by atoms with Gasteiger partial charge in [-0.05, 0) is 24.3 Å². The van der Waals surface area contributed by atoms with Crippen LogP contribution < -0.4 is 10.2 Å². The maximum Gasteiger partial charge on any atom is 0.441 e. The first kappa shape index (κ1) is 10.9. The summed E-state index contributed by atoms with van der Waals surface area (Å²) in [6, 6.07) is 13.4. The lowest BCUT2D eigenvalue weighted by atomic mass is 10.3. The van der Waals surface area contributed by atoms with Gasteiger partial charge in [0.2, 0.25) is 0 Å². The SMILES string of the molecule is O=C(N=c1ccccn1O)Oc1ccccc1. The van der Waals surface area contributed by atoms with E-state index in [1.807, 2.05) is 6.07 Å². The zero-order valence-electron chi connectivity index (χ0n) is 8.85. The Bertz CT molecular complexity index is 576. The van der Waals surface area contributed by atoms with Crippen LogP contribution in [0.3, 0.4) is 0 Å². The summed E-state index contributed by atoms with van der Waals surface area (Å²) >= 11 is 0. The van der Waals surface area contributed by atoms with Crippen molar-refractivity contribution >= 4 is 6.09 Å². The number of hydrogen-bond donors (Lipinski definition) is 1. The molecule has 0 aliphatic carbocycles. The van der Waals surface area contributed by atoms with Crippen molar-refractivity contribution in [2.45, 2.75) is 0 Å². The number of rotatable bonds is 1. The van der Waals surface area contributed by atoms with Crippen LogP contribution >= 0.6 is 0 Å². The van der Waals surface area contributed by atoms with E-state index in [4.69, 9.17) is 4.74 Å². The third kappa shape index (κ3) is 2.94. The highest BCUT2D eigenvalue weighted by Gasteiger charge is 2.01. The second-order valence-corrected chi connectivity index (χ2v) is 3.20. The van der Waals surface area contributed by atoms with E-state index in [9.17, 15) is 10.0 Å². The van der Waals surface area contributed by atoms with Crippen LogP contribution in [0.1, 0.15) is 0 Å². The molecular weight excluding hydrogens is 220 g/mol. The fraction of sp³-hybridized carbons (Fsp3) is 0. The number of ether oxygens (including phenoxy) is 1. The molecule has 1 heterocycles. The Morgan fingerprint density at radius 1 is 1.12 bits per heavy atom. The normalized spacial score (nSPS) is 11.2. The quantitative estimate of drug-likeness (QED) is 0.760. The van der Waals surface area contributed by atoms with Crippen molar-refractivity contribution in [1.29, 1.82) is 0 Å². The summed E-state index contributed by atoms with van der Waals surface area (Å²) in [5.74, 6) is 0.404. The van der Waals surface area contributed by atoms with Gasteiger partial charge in [-0.15, -0.1) is 0 Å². The zero-order chi connectivity index (χ0) is 12.1. The molecule has 0 radical (unpaired) electrons. The maximum atomic E-state index is 11.4. The molecule has 0 bridgehead atoms. The van der Waals surface area contributed by atoms with Crippen molar-refractivity contribution in [2.24, 2.45) is 4.99 Å². The first-order valence-corrected chi connectivity index (χ1v) is 4.94. The van der Waals surface area contributed by atoms with Crippen molar-refractivity contribution in [1.82, 2.24) is 4.73 Å². The molecule has 0 atom stereocenters. The third-order valence-electron chi connectivity index (χ3n) is 1.97. The Morgan fingerprint density at radius 3 is 2.53 bits per heavy atom. The Kier molecular flexibility index (Phi) is 3.20. The van der Waals surface area contributed by atoms with Gasteiger partial charge in [-0.1, -0.05) is 24.3 Å². The highest BCUT2D eigenvalue weighted by Crippen LogP contribution is 2.08. The van der Waals surface area contributed by atoms with E-state index >= 15 is 0 Å². The molecule has 1 N–H and O–H groups in total. The molecule has 1 amide bonds. The van der Waals surface area contributed by atoms with E-state index in [0.717, 1.165) is 4.73 Å². The number of pyridine rings is 1. The van der Waals surface area contributed by atoms with E-state index in [2.05, 4.69) is 4.99 Å². The number of nitrogens with zero attached hydrogens (tertiary/aromatic N) is 2. The minimum atomic E-state index is -0.787. The summed E-state index contributed by atoms with van der Waals surface area (Å²) in [5, 5.41) is 9.34. The van der Waals surface area contributed by atoms with Gasteiger partial charge in [-0.25, -0.2) is 4.79 Å². The number of hydrogen-bond acceptors (Lipinski definition) is 3. The minimum absolute atomic E-state index is 0.105. The second kappa shape index (κ2) is 4.98. The van der Waals surface area contributed by atoms with Gasteiger partial charge in [-0.2, -0.15) is 9.72 Å². The van der Waals surface area contributed by atoms with E-state index in [1.54, 1.807) is 36.4 Å². The van der Waals surface area contributed by atoms with Gasteiger partial charge in [0.15, 0.2) is 5.49 Å². The Balaban J connectivity index is 2.18. The lowest BCUT2D eigenvalue weighted by Crippen LogP contribution is -2.20. The number of para-hydroxylation sites is 1. The predicted octanol–water partition coefficient (Wildman–Crippen LogP) is 1.83. The number of benzene rings is 1. The fourth-order valence-electron chi connectivity index (χ4n) is 1.22. The van der Waals surface area contributed by atoms with E-state index in [-0.39, 0.29) is 5.49 Å². The van der Waals surface area contributed by atoms with Crippen LogP contribution in [-0.2, 0) is 0 Å². The van der Waals surface area contributed by atoms with Crippen LogP contribution in [0.25, 0.3) is 0 Å². The molecule has 0 aliphatic heterocycles. The van der Waals surface area contributed by atoms with Crippen LogP contribution in [0.15, 0.2) is 59.7 Å². The largest absolute Gasteiger partial charge is 0.441 e. The van der Waals surface area contributed by atoms with Gasteiger partial charge in [0, 0.05) is 6.20 Å². The minimum Gasteiger partial charge on any atom is -0.427 e. The third-order valence-corrected chi connectivity index (χ3v) is 1.97. The van der Waals surface area contributed by atoms with Crippen LogP contribution in [0.2, 0.25) is 0 Å². The molecule has 0 fully saturated rings. The fourth-order valence-corrected chi connectivity index (χ4v) is 1.22. The molecule has 2 aromatic rings. The molecule has 1 aromatic heterocycles. The first-order chi connectivity index (χ1) is 8.25. The summed E-state index contributed by atoms with van der Waals surface area (Å²) in [7, 11) is 0. The van der Waals surface area contributed by atoms with Gasteiger partial charge >= 0.3 is 6.09 Å². The smallest absolute Gasteiger partial charge is 0.427 e. The van der Waals surface area contributed by atoms with Gasteiger partial charge in [-0.3, -0.25) is 0 Å². The predicted molar refractivity (Wildman–Crippen MR) is 59.6 cm³/mol. The number of aromatic nitrogens is 1. The molecule has 1 aromatic carbocycles. The molecule has 5 heteroatoms. The van der Waals surface area contributed by atoms with Crippen molar-refractivity contribution in [3.05, 3.63) is 60.2 Å². The molecule has 0 saturated carbocycles. The first-order valence-electron chi connectivity index (χ1n) is 4.94. The van der Waals surface area contributed by atoms with Gasteiger partial charge < -0.3 is 9.94 Å². The molecule has 2 rings (SSSR count). The molecular formula is C12H10N2O3. The van der Waals surface area contributed by atoms with Crippen LogP contribution in [0.4, 0.5) is 4.79 Å². The average molecular weight is 230 g/mol. The van der Waals surface area contributed by atoms with Crippen LogP contribution in [0.5, 0.6) is 5.75 Å². The molecule has 0 aliphatic rings. The Hall–Kier alpha value is -2.56. The molecule has 5 nitrogen and oxygen atoms in total. The highest BCUT2D eigenvalue weighted by molar-refractivity contribution is 5.71. The average Bonchev–Trinajstić information content (AvgIpc) is 2.33. The van der Waals surface area contributed by atoms with Gasteiger partial charge in [0.25, 0.3) is 0 Å². The Morgan fingerprint density at radius 2 is 1.82 bits per heavy atom. The van der Waals surface area contributed by atoms with Gasteiger partial charge in [0.1, 0.15) is 5.75 Å².